The molecule has 1 unspecified atom stereocenters. The van der Waals surface area contributed by atoms with Crippen LogP contribution in [0.25, 0.3) is 0 Å². The van der Waals surface area contributed by atoms with Crippen molar-refractivity contribution in [3.63, 3.8) is 0 Å². The molecule has 102 valence electrons. The average molecular weight is 256 g/mol. The molecular formula is C14H22F2N2. The highest BCUT2D eigenvalue weighted by Gasteiger charge is 2.11. The summed E-state index contributed by atoms with van der Waals surface area (Å²) < 4.78 is 26.2. The third-order valence-corrected chi connectivity index (χ3v) is 2.94. The standard InChI is InChI=1S/C14H22F2N2/c1-2-3-4-5-6-18-14(10-17)11-7-12(15)9-13(16)8-11/h7-9,14,18H,2-6,10,17H2,1H3. The third-order valence-electron chi connectivity index (χ3n) is 2.94. The maximum absolute atomic E-state index is 13.1. The Kier molecular flexibility index (Phi) is 6.83. The molecule has 1 aromatic rings. The first kappa shape index (κ1) is 15.1. The summed E-state index contributed by atoms with van der Waals surface area (Å²) in [5, 5.41) is 3.24. The highest BCUT2D eigenvalue weighted by Crippen LogP contribution is 2.15. The second kappa shape index (κ2) is 8.16. The fourth-order valence-electron chi connectivity index (χ4n) is 1.94. The summed E-state index contributed by atoms with van der Waals surface area (Å²) in [5.74, 6) is -1.12. The summed E-state index contributed by atoms with van der Waals surface area (Å²) in [6.45, 7) is 3.31. The second-order valence-corrected chi connectivity index (χ2v) is 4.51. The number of nitrogens with one attached hydrogen (secondary N) is 1. The van der Waals surface area contributed by atoms with E-state index in [1.165, 1.54) is 25.0 Å². The van der Waals surface area contributed by atoms with E-state index in [-0.39, 0.29) is 6.04 Å². The van der Waals surface area contributed by atoms with Gasteiger partial charge in [-0.2, -0.15) is 0 Å². The van der Waals surface area contributed by atoms with E-state index in [1.807, 2.05) is 0 Å². The van der Waals surface area contributed by atoms with Gasteiger partial charge in [0.25, 0.3) is 0 Å². The van der Waals surface area contributed by atoms with Gasteiger partial charge in [0.2, 0.25) is 0 Å². The van der Waals surface area contributed by atoms with Gasteiger partial charge >= 0.3 is 0 Å². The monoisotopic (exact) mass is 256 g/mol. The van der Waals surface area contributed by atoms with Crippen LogP contribution in [0, 0.1) is 11.6 Å². The maximum Gasteiger partial charge on any atom is 0.126 e. The van der Waals surface area contributed by atoms with Gasteiger partial charge in [0.15, 0.2) is 0 Å². The zero-order valence-corrected chi connectivity index (χ0v) is 10.9. The van der Waals surface area contributed by atoms with Crippen molar-refractivity contribution < 1.29 is 8.78 Å². The predicted molar refractivity (Wildman–Crippen MR) is 70.3 cm³/mol. The van der Waals surface area contributed by atoms with Crippen LogP contribution >= 0.6 is 0 Å². The Labute approximate surface area is 108 Å². The summed E-state index contributed by atoms with van der Waals surface area (Å²) in [5.41, 5.74) is 6.21. The van der Waals surface area contributed by atoms with Gasteiger partial charge in [-0.05, 0) is 30.7 Å². The zero-order chi connectivity index (χ0) is 13.4. The summed E-state index contributed by atoms with van der Waals surface area (Å²) >= 11 is 0. The minimum Gasteiger partial charge on any atom is -0.329 e. The molecule has 2 nitrogen and oxygen atoms in total. The van der Waals surface area contributed by atoms with Crippen LogP contribution in [0.2, 0.25) is 0 Å². The molecule has 0 saturated heterocycles. The molecule has 1 atom stereocenters. The van der Waals surface area contributed by atoms with Crippen molar-refractivity contribution >= 4 is 0 Å². The van der Waals surface area contributed by atoms with Crippen LogP contribution in [0.15, 0.2) is 18.2 Å². The number of halogens is 2. The molecule has 0 aliphatic rings. The van der Waals surface area contributed by atoms with Crippen LogP contribution in [0.3, 0.4) is 0 Å². The number of unbranched alkanes of at least 4 members (excludes halogenated alkanes) is 3. The van der Waals surface area contributed by atoms with E-state index in [2.05, 4.69) is 12.2 Å². The lowest BCUT2D eigenvalue weighted by Crippen LogP contribution is -2.29. The van der Waals surface area contributed by atoms with Crippen molar-refractivity contribution in [3.05, 3.63) is 35.4 Å². The largest absolute Gasteiger partial charge is 0.329 e. The van der Waals surface area contributed by atoms with E-state index < -0.39 is 11.6 Å². The molecule has 18 heavy (non-hydrogen) atoms. The minimum absolute atomic E-state index is 0.183. The number of hydrogen-bond acceptors (Lipinski definition) is 2. The van der Waals surface area contributed by atoms with Crippen LogP contribution in [-0.4, -0.2) is 13.1 Å². The maximum atomic E-state index is 13.1. The lowest BCUT2D eigenvalue weighted by atomic mass is 10.1. The topological polar surface area (TPSA) is 38.0 Å². The SMILES string of the molecule is CCCCCCNC(CN)c1cc(F)cc(F)c1. The van der Waals surface area contributed by atoms with Gasteiger partial charge in [-0.3, -0.25) is 0 Å². The van der Waals surface area contributed by atoms with Crippen molar-refractivity contribution in [1.29, 1.82) is 0 Å². The summed E-state index contributed by atoms with van der Waals surface area (Å²) in [4.78, 5) is 0. The molecule has 1 rings (SSSR count). The highest BCUT2D eigenvalue weighted by atomic mass is 19.1. The molecule has 0 amide bonds. The minimum atomic E-state index is -0.559. The van der Waals surface area contributed by atoms with Crippen LogP contribution in [-0.2, 0) is 0 Å². The molecule has 0 spiro atoms. The van der Waals surface area contributed by atoms with Crippen LogP contribution < -0.4 is 11.1 Å². The fourth-order valence-corrected chi connectivity index (χ4v) is 1.94. The van der Waals surface area contributed by atoms with E-state index in [9.17, 15) is 8.78 Å². The van der Waals surface area contributed by atoms with Gasteiger partial charge in [-0.1, -0.05) is 26.2 Å². The summed E-state index contributed by atoms with van der Waals surface area (Å²) in [6, 6.07) is 3.36. The summed E-state index contributed by atoms with van der Waals surface area (Å²) in [7, 11) is 0. The lowest BCUT2D eigenvalue weighted by molar-refractivity contribution is 0.505. The van der Waals surface area contributed by atoms with Gasteiger partial charge in [0.1, 0.15) is 11.6 Å². The van der Waals surface area contributed by atoms with Crippen molar-refractivity contribution in [2.45, 2.75) is 38.6 Å². The first-order chi connectivity index (χ1) is 8.67. The Morgan fingerprint density at radius 2 is 1.78 bits per heavy atom. The van der Waals surface area contributed by atoms with Gasteiger partial charge in [-0.25, -0.2) is 8.78 Å². The van der Waals surface area contributed by atoms with E-state index in [0.29, 0.717) is 12.1 Å². The smallest absolute Gasteiger partial charge is 0.126 e. The van der Waals surface area contributed by atoms with E-state index >= 15 is 0 Å². The van der Waals surface area contributed by atoms with Crippen molar-refractivity contribution in [2.75, 3.05) is 13.1 Å². The Morgan fingerprint density at radius 1 is 1.11 bits per heavy atom. The number of benzene rings is 1. The first-order valence-corrected chi connectivity index (χ1v) is 6.56. The fraction of sp³-hybridized carbons (Fsp3) is 0.571. The first-order valence-electron chi connectivity index (χ1n) is 6.56. The molecule has 4 heteroatoms. The van der Waals surface area contributed by atoms with Crippen molar-refractivity contribution in [3.8, 4) is 0 Å². The average Bonchev–Trinajstić information content (AvgIpc) is 2.32. The van der Waals surface area contributed by atoms with Gasteiger partial charge in [0.05, 0.1) is 0 Å². The number of hydrogen-bond donors (Lipinski definition) is 2. The summed E-state index contributed by atoms with van der Waals surface area (Å²) in [6.07, 6.45) is 4.62. The van der Waals surface area contributed by atoms with E-state index in [1.54, 1.807) is 0 Å². The Hall–Kier alpha value is -1.00. The van der Waals surface area contributed by atoms with E-state index in [0.717, 1.165) is 25.5 Å². The molecule has 3 N–H and O–H groups in total. The lowest BCUT2D eigenvalue weighted by Gasteiger charge is -2.17. The quantitative estimate of drug-likeness (QED) is 0.701. The normalized spacial score (nSPS) is 12.7. The van der Waals surface area contributed by atoms with Gasteiger partial charge < -0.3 is 11.1 Å². The van der Waals surface area contributed by atoms with Crippen LogP contribution in [0.4, 0.5) is 8.78 Å². The van der Waals surface area contributed by atoms with E-state index in [4.69, 9.17) is 5.73 Å². The number of nitrogens with two attached hydrogens (primary N) is 1. The van der Waals surface area contributed by atoms with Crippen LogP contribution in [0.5, 0.6) is 0 Å². The second-order valence-electron chi connectivity index (χ2n) is 4.51. The molecule has 0 radical (unpaired) electrons. The number of rotatable bonds is 8. The predicted octanol–water partition coefficient (Wildman–Crippen LogP) is 3.13. The molecule has 1 aromatic carbocycles. The Balaban J connectivity index is 2.49. The molecular weight excluding hydrogens is 234 g/mol. The molecule has 0 bridgehead atoms. The van der Waals surface area contributed by atoms with Gasteiger partial charge in [0, 0.05) is 18.7 Å². The molecule has 0 heterocycles. The van der Waals surface area contributed by atoms with Crippen molar-refractivity contribution in [1.82, 2.24) is 5.32 Å². The Morgan fingerprint density at radius 3 is 2.33 bits per heavy atom. The van der Waals surface area contributed by atoms with Crippen molar-refractivity contribution in [2.24, 2.45) is 5.73 Å². The molecule has 0 aliphatic carbocycles. The molecule has 0 fully saturated rings. The molecule has 0 aromatic heterocycles. The van der Waals surface area contributed by atoms with Crippen LogP contribution in [0.1, 0.15) is 44.2 Å². The van der Waals surface area contributed by atoms with Gasteiger partial charge in [-0.15, -0.1) is 0 Å². The Bertz CT molecular complexity index is 335. The molecule has 0 saturated carbocycles. The molecule has 0 aliphatic heterocycles. The zero-order valence-electron chi connectivity index (χ0n) is 10.9. The highest BCUT2D eigenvalue weighted by molar-refractivity contribution is 5.21. The third kappa shape index (κ3) is 5.10.